The Bertz CT molecular complexity index is 171. The number of nitrogens with one attached hydrogen (secondary N) is 1. The van der Waals surface area contributed by atoms with E-state index in [0.29, 0.717) is 6.04 Å². The van der Waals surface area contributed by atoms with E-state index in [1.54, 1.807) is 0 Å². The van der Waals surface area contributed by atoms with Crippen LogP contribution >= 0.6 is 0 Å². The zero-order valence-electron chi connectivity index (χ0n) is 8.55. The smallest absolute Gasteiger partial charge is 0.0746 e. The minimum absolute atomic E-state index is 0.465. The first-order chi connectivity index (χ1) is 6.16. The molecule has 0 saturated heterocycles. The summed E-state index contributed by atoms with van der Waals surface area (Å²) in [5.74, 6) is 0.802. The van der Waals surface area contributed by atoms with E-state index in [-0.39, 0.29) is 0 Å². The second-order valence-electron chi connectivity index (χ2n) is 5.15. The van der Waals surface area contributed by atoms with Gasteiger partial charge in [-0.1, -0.05) is 19.3 Å². The second kappa shape index (κ2) is 3.58. The molecule has 2 nitrogen and oxygen atoms in total. The maximum absolute atomic E-state index is 10.1. The Morgan fingerprint density at radius 1 is 1.31 bits per heavy atom. The van der Waals surface area contributed by atoms with Crippen LogP contribution in [0, 0.1) is 5.92 Å². The van der Waals surface area contributed by atoms with Crippen molar-refractivity contribution in [2.45, 2.75) is 57.1 Å². The molecule has 2 heteroatoms. The molecule has 2 aliphatic carbocycles. The van der Waals surface area contributed by atoms with Crippen molar-refractivity contribution < 1.29 is 5.11 Å². The Kier molecular flexibility index (Phi) is 2.61. The van der Waals surface area contributed by atoms with Crippen molar-refractivity contribution in [3.8, 4) is 0 Å². The van der Waals surface area contributed by atoms with Gasteiger partial charge in [0, 0.05) is 12.6 Å². The topological polar surface area (TPSA) is 32.3 Å². The fourth-order valence-electron chi connectivity index (χ4n) is 2.04. The van der Waals surface area contributed by atoms with Gasteiger partial charge in [-0.3, -0.25) is 0 Å². The van der Waals surface area contributed by atoms with Crippen LogP contribution < -0.4 is 5.32 Å². The van der Waals surface area contributed by atoms with Crippen molar-refractivity contribution in [1.29, 1.82) is 0 Å². The van der Waals surface area contributed by atoms with Gasteiger partial charge < -0.3 is 10.4 Å². The average molecular weight is 183 g/mol. The van der Waals surface area contributed by atoms with Crippen molar-refractivity contribution in [2.75, 3.05) is 6.54 Å². The third kappa shape index (κ3) is 2.96. The molecular formula is C11H21NO. The molecule has 0 aromatic rings. The fraction of sp³-hybridized carbons (Fsp3) is 1.00. The van der Waals surface area contributed by atoms with E-state index in [1.807, 2.05) is 6.92 Å². The van der Waals surface area contributed by atoms with E-state index in [2.05, 4.69) is 5.32 Å². The molecule has 76 valence electrons. The van der Waals surface area contributed by atoms with Crippen molar-refractivity contribution >= 4 is 0 Å². The third-order valence-corrected chi connectivity index (χ3v) is 3.30. The lowest BCUT2D eigenvalue weighted by molar-refractivity contribution is 0.0202. The fourth-order valence-corrected chi connectivity index (χ4v) is 2.04. The Morgan fingerprint density at radius 2 is 2.00 bits per heavy atom. The molecule has 0 aromatic carbocycles. The first-order valence-corrected chi connectivity index (χ1v) is 5.61. The van der Waals surface area contributed by atoms with Crippen molar-refractivity contribution in [3.63, 3.8) is 0 Å². The first-order valence-electron chi connectivity index (χ1n) is 5.61. The zero-order chi connectivity index (χ0) is 9.31. The van der Waals surface area contributed by atoms with Gasteiger partial charge in [0.1, 0.15) is 0 Å². The highest BCUT2D eigenvalue weighted by atomic mass is 16.3. The first kappa shape index (κ1) is 9.47. The number of hydrogen-bond acceptors (Lipinski definition) is 2. The summed E-state index contributed by atoms with van der Waals surface area (Å²) in [4.78, 5) is 0. The highest BCUT2D eigenvalue weighted by Gasteiger charge is 2.30. The quantitative estimate of drug-likeness (QED) is 0.679. The normalized spacial score (nSPS) is 28.2. The second-order valence-corrected chi connectivity index (χ2v) is 5.15. The van der Waals surface area contributed by atoms with Gasteiger partial charge in [-0.25, -0.2) is 0 Å². The van der Waals surface area contributed by atoms with Gasteiger partial charge >= 0.3 is 0 Å². The molecule has 0 amide bonds. The van der Waals surface area contributed by atoms with Crippen LogP contribution in [-0.2, 0) is 0 Å². The van der Waals surface area contributed by atoms with E-state index in [0.717, 1.165) is 18.9 Å². The summed E-state index contributed by atoms with van der Waals surface area (Å²) < 4.78 is 0. The van der Waals surface area contributed by atoms with Gasteiger partial charge in [0.2, 0.25) is 0 Å². The molecule has 2 N–H and O–H groups in total. The Labute approximate surface area is 80.7 Å². The molecule has 1 unspecified atom stereocenters. The van der Waals surface area contributed by atoms with Crippen LogP contribution in [0.4, 0.5) is 0 Å². The number of hydrogen-bond donors (Lipinski definition) is 2. The average Bonchev–Trinajstić information content (AvgIpc) is 2.77. The monoisotopic (exact) mass is 183 g/mol. The molecular weight excluding hydrogens is 162 g/mol. The lowest BCUT2D eigenvalue weighted by Crippen LogP contribution is -2.41. The molecule has 2 saturated carbocycles. The Hall–Kier alpha value is -0.0800. The summed E-state index contributed by atoms with van der Waals surface area (Å²) in [5.41, 5.74) is -0.465. The van der Waals surface area contributed by atoms with E-state index < -0.39 is 5.60 Å². The Morgan fingerprint density at radius 3 is 2.46 bits per heavy atom. The SMILES string of the molecule is CC(O)(CNC1CC1)CC1CCC1. The highest BCUT2D eigenvalue weighted by Crippen LogP contribution is 2.33. The Balaban J connectivity index is 1.66. The van der Waals surface area contributed by atoms with Crippen molar-refractivity contribution in [1.82, 2.24) is 5.32 Å². The highest BCUT2D eigenvalue weighted by molar-refractivity contribution is 4.87. The van der Waals surface area contributed by atoms with Gasteiger partial charge in [0.05, 0.1) is 5.60 Å². The lowest BCUT2D eigenvalue weighted by Gasteiger charge is -2.33. The van der Waals surface area contributed by atoms with Gasteiger partial charge in [-0.15, -0.1) is 0 Å². The van der Waals surface area contributed by atoms with Crippen molar-refractivity contribution in [3.05, 3.63) is 0 Å². The van der Waals surface area contributed by atoms with Gasteiger partial charge in [-0.2, -0.15) is 0 Å². The largest absolute Gasteiger partial charge is 0.389 e. The van der Waals surface area contributed by atoms with Crippen LogP contribution in [0.15, 0.2) is 0 Å². The molecule has 2 fully saturated rings. The van der Waals surface area contributed by atoms with E-state index in [9.17, 15) is 5.11 Å². The number of aliphatic hydroxyl groups is 1. The summed E-state index contributed by atoms with van der Waals surface area (Å²) in [6, 6.07) is 0.716. The zero-order valence-corrected chi connectivity index (χ0v) is 8.55. The van der Waals surface area contributed by atoms with E-state index >= 15 is 0 Å². The maximum atomic E-state index is 10.1. The molecule has 0 aromatic heterocycles. The van der Waals surface area contributed by atoms with Crippen LogP contribution in [0.3, 0.4) is 0 Å². The summed E-state index contributed by atoms with van der Waals surface area (Å²) in [6.07, 6.45) is 7.64. The van der Waals surface area contributed by atoms with Gasteiger partial charge in [0.15, 0.2) is 0 Å². The molecule has 13 heavy (non-hydrogen) atoms. The van der Waals surface area contributed by atoms with Crippen LogP contribution in [0.25, 0.3) is 0 Å². The standard InChI is InChI=1S/C11H21NO/c1-11(13,7-9-3-2-4-9)8-12-10-5-6-10/h9-10,12-13H,2-8H2,1H3. The summed E-state index contributed by atoms with van der Waals surface area (Å²) in [5, 5.41) is 13.5. The van der Waals surface area contributed by atoms with E-state index in [4.69, 9.17) is 0 Å². The molecule has 0 heterocycles. The molecule has 0 aliphatic heterocycles. The van der Waals surface area contributed by atoms with Gasteiger partial charge in [-0.05, 0) is 32.1 Å². The minimum Gasteiger partial charge on any atom is -0.389 e. The van der Waals surface area contributed by atoms with Crippen LogP contribution in [0.1, 0.15) is 45.4 Å². The molecule has 2 aliphatic rings. The van der Waals surface area contributed by atoms with Gasteiger partial charge in [0.25, 0.3) is 0 Å². The molecule has 1 atom stereocenters. The van der Waals surface area contributed by atoms with Crippen LogP contribution in [0.5, 0.6) is 0 Å². The maximum Gasteiger partial charge on any atom is 0.0746 e. The molecule has 0 spiro atoms. The molecule has 2 rings (SSSR count). The number of rotatable bonds is 5. The van der Waals surface area contributed by atoms with Crippen LogP contribution in [-0.4, -0.2) is 23.3 Å². The summed E-state index contributed by atoms with van der Waals surface area (Å²) in [7, 11) is 0. The van der Waals surface area contributed by atoms with Crippen LogP contribution in [0.2, 0.25) is 0 Å². The summed E-state index contributed by atoms with van der Waals surface area (Å²) >= 11 is 0. The third-order valence-electron chi connectivity index (χ3n) is 3.30. The summed E-state index contributed by atoms with van der Waals surface area (Å²) in [6.45, 7) is 2.76. The molecule has 0 bridgehead atoms. The van der Waals surface area contributed by atoms with Crippen molar-refractivity contribution in [2.24, 2.45) is 5.92 Å². The lowest BCUT2D eigenvalue weighted by atomic mass is 9.78. The van der Waals surface area contributed by atoms with E-state index in [1.165, 1.54) is 32.1 Å². The minimum atomic E-state index is -0.465. The molecule has 0 radical (unpaired) electrons. The predicted molar refractivity (Wildman–Crippen MR) is 53.6 cm³/mol. The predicted octanol–water partition coefficient (Wildman–Crippen LogP) is 1.68.